The molecule has 0 bridgehead atoms. The first-order chi connectivity index (χ1) is 11.1. The zero-order valence-corrected chi connectivity index (χ0v) is 13.5. The monoisotopic (exact) mass is 325 g/mol. The number of carbonyl (C=O) groups is 1. The molecule has 0 radical (unpaired) electrons. The number of nitrogens with zero attached hydrogens (tertiary/aromatic N) is 2. The van der Waals surface area contributed by atoms with Crippen LogP contribution in [0, 0.1) is 0 Å². The highest BCUT2D eigenvalue weighted by molar-refractivity contribution is 5.95. The zero-order chi connectivity index (χ0) is 17.2. The molecule has 0 spiro atoms. The zero-order valence-electron chi connectivity index (χ0n) is 13.5. The average molecular weight is 325 g/mol. The lowest BCUT2D eigenvalue weighted by Gasteiger charge is -2.16. The number of methoxy groups -OCH3 is 1. The normalized spacial score (nSPS) is 10.4. The second-order valence-corrected chi connectivity index (χ2v) is 4.74. The summed E-state index contributed by atoms with van der Waals surface area (Å²) in [7, 11) is 1.51. The Hall–Kier alpha value is -2.19. The molecule has 1 aromatic heterocycles. The van der Waals surface area contributed by atoms with Crippen molar-refractivity contribution in [3.63, 3.8) is 0 Å². The minimum absolute atomic E-state index is 0.0799. The van der Waals surface area contributed by atoms with Gasteiger partial charge in [0.15, 0.2) is 11.4 Å². The molecule has 1 amide bonds. The van der Waals surface area contributed by atoms with Gasteiger partial charge in [-0.15, -0.1) is 0 Å². The highest BCUT2D eigenvalue weighted by atomic mass is 16.5. The number of unbranched alkanes of at least 4 members (excludes halogenated alkanes) is 1. The predicted molar refractivity (Wildman–Crippen MR) is 86.2 cm³/mol. The lowest BCUT2D eigenvalue weighted by atomic mass is 10.2. The van der Waals surface area contributed by atoms with Crippen LogP contribution in [0.5, 0.6) is 5.75 Å². The lowest BCUT2D eigenvalue weighted by molar-refractivity contribution is 0.0921. The third kappa shape index (κ3) is 4.90. The van der Waals surface area contributed by atoms with E-state index in [1.807, 2.05) is 6.92 Å². The van der Waals surface area contributed by atoms with E-state index in [2.05, 4.69) is 17.1 Å². The molecule has 128 valence electrons. The molecular formula is C15H23N3O5. The van der Waals surface area contributed by atoms with E-state index >= 15 is 0 Å². The molecule has 1 heterocycles. The van der Waals surface area contributed by atoms with Crippen molar-refractivity contribution in [2.75, 3.05) is 26.9 Å². The third-order valence-corrected chi connectivity index (χ3v) is 3.07. The van der Waals surface area contributed by atoms with Gasteiger partial charge in [0.25, 0.3) is 5.91 Å². The van der Waals surface area contributed by atoms with E-state index in [1.54, 1.807) is 0 Å². The molecule has 0 unspecified atom stereocenters. The van der Waals surface area contributed by atoms with E-state index in [1.165, 1.54) is 13.2 Å². The summed E-state index contributed by atoms with van der Waals surface area (Å²) in [5.41, 5.74) is -0.407. The van der Waals surface area contributed by atoms with Crippen LogP contribution >= 0.6 is 0 Å². The molecule has 0 saturated carbocycles. The van der Waals surface area contributed by atoms with E-state index in [0.29, 0.717) is 13.2 Å². The molecule has 0 aliphatic carbocycles. The number of hydrogen-bond donors (Lipinski definition) is 2. The molecule has 0 aliphatic heterocycles. The van der Waals surface area contributed by atoms with Crippen LogP contribution in [0.2, 0.25) is 0 Å². The predicted octanol–water partition coefficient (Wildman–Crippen LogP) is 0.359. The van der Waals surface area contributed by atoms with E-state index in [9.17, 15) is 14.7 Å². The Morgan fingerprint density at radius 3 is 2.78 bits per heavy atom. The fraction of sp³-hybridized carbons (Fsp3) is 0.533. The SMILES string of the molecule is C=Nn1c(CO)cc(=O)c(OCCCC)c1C(=O)NCCOC. The van der Waals surface area contributed by atoms with Crippen molar-refractivity contribution in [1.29, 1.82) is 0 Å². The van der Waals surface area contributed by atoms with Gasteiger partial charge in [0.05, 0.1) is 25.5 Å². The van der Waals surface area contributed by atoms with Gasteiger partial charge in [0, 0.05) is 26.4 Å². The standard InChI is InChI=1S/C15H23N3O5/c1-4-5-7-23-14-12(20)9-11(10-19)18(16-2)13(14)15(21)17-6-8-22-3/h9,19H,2,4-8,10H2,1,3H3,(H,17,21). The van der Waals surface area contributed by atoms with Crippen LogP contribution in [0.4, 0.5) is 0 Å². The number of aromatic nitrogens is 1. The molecule has 0 saturated heterocycles. The molecule has 0 fully saturated rings. The number of aliphatic hydroxyl groups is 1. The van der Waals surface area contributed by atoms with Gasteiger partial charge >= 0.3 is 0 Å². The summed E-state index contributed by atoms with van der Waals surface area (Å²) in [4.78, 5) is 24.6. The highest BCUT2D eigenvalue weighted by Gasteiger charge is 2.22. The first-order valence-electron chi connectivity index (χ1n) is 7.37. The van der Waals surface area contributed by atoms with Crippen molar-refractivity contribution in [1.82, 2.24) is 9.99 Å². The Bertz CT molecular complexity index is 598. The van der Waals surface area contributed by atoms with Crippen molar-refractivity contribution >= 4 is 12.6 Å². The van der Waals surface area contributed by atoms with Gasteiger partial charge in [-0.3, -0.25) is 9.59 Å². The summed E-state index contributed by atoms with van der Waals surface area (Å²) >= 11 is 0. The van der Waals surface area contributed by atoms with Gasteiger partial charge in [-0.25, -0.2) is 4.68 Å². The Balaban J connectivity index is 3.28. The largest absolute Gasteiger partial charge is 0.487 e. The number of nitrogens with one attached hydrogen (secondary N) is 1. The minimum atomic E-state index is -0.548. The average Bonchev–Trinajstić information content (AvgIpc) is 2.55. The Morgan fingerprint density at radius 2 is 2.22 bits per heavy atom. The smallest absolute Gasteiger partial charge is 0.274 e. The quantitative estimate of drug-likeness (QED) is 0.478. The molecule has 8 nitrogen and oxygen atoms in total. The van der Waals surface area contributed by atoms with Crippen LogP contribution in [-0.2, 0) is 11.3 Å². The van der Waals surface area contributed by atoms with Crippen molar-refractivity contribution in [3.8, 4) is 5.75 Å². The summed E-state index contributed by atoms with van der Waals surface area (Å²) in [6.45, 7) is 5.81. The van der Waals surface area contributed by atoms with Gasteiger partial charge in [0.2, 0.25) is 5.43 Å². The Kier molecular flexibility index (Phi) is 8.00. The van der Waals surface area contributed by atoms with Gasteiger partial charge in [-0.05, 0) is 6.42 Å². The van der Waals surface area contributed by atoms with Gasteiger partial charge in [-0.1, -0.05) is 13.3 Å². The Morgan fingerprint density at radius 1 is 1.48 bits per heavy atom. The van der Waals surface area contributed by atoms with E-state index in [0.717, 1.165) is 17.5 Å². The van der Waals surface area contributed by atoms with Crippen LogP contribution in [-0.4, -0.2) is 49.3 Å². The lowest BCUT2D eigenvalue weighted by Crippen LogP contribution is -2.32. The van der Waals surface area contributed by atoms with Crippen LogP contribution < -0.4 is 15.5 Å². The van der Waals surface area contributed by atoms with Crippen molar-refractivity contribution in [2.24, 2.45) is 5.10 Å². The number of aliphatic hydroxyl groups excluding tert-OH is 1. The Labute approximate surface area is 134 Å². The maximum absolute atomic E-state index is 12.4. The number of carbonyl (C=O) groups excluding carboxylic acids is 1. The fourth-order valence-corrected chi connectivity index (χ4v) is 1.92. The maximum Gasteiger partial charge on any atom is 0.274 e. The van der Waals surface area contributed by atoms with E-state index < -0.39 is 17.9 Å². The molecule has 0 aliphatic rings. The first kappa shape index (κ1) is 18.9. The second kappa shape index (κ2) is 9.75. The van der Waals surface area contributed by atoms with Crippen LogP contribution in [0.1, 0.15) is 35.9 Å². The highest BCUT2D eigenvalue weighted by Crippen LogP contribution is 2.17. The number of hydrogen-bond acceptors (Lipinski definition) is 6. The summed E-state index contributed by atoms with van der Waals surface area (Å²) in [5, 5.41) is 15.7. The number of rotatable bonds is 10. The summed E-state index contributed by atoms with van der Waals surface area (Å²) < 4.78 is 11.5. The van der Waals surface area contributed by atoms with Gasteiger partial charge in [-0.2, -0.15) is 5.10 Å². The summed E-state index contributed by atoms with van der Waals surface area (Å²) in [5.74, 6) is -0.647. The second-order valence-electron chi connectivity index (χ2n) is 4.74. The molecule has 8 heteroatoms. The fourth-order valence-electron chi connectivity index (χ4n) is 1.92. The van der Waals surface area contributed by atoms with E-state index in [4.69, 9.17) is 9.47 Å². The molecule has 2 N–H and O–H groups in total. The van der Waals surface area contributed by atoms with Crippen LogP contribution in [0.3, 0.4) is 0 Å². The molecular weight excluding hydrogens is 302 g/mol. The van der Waals surface area contributed by atoms with Crippen molar-refractivity contribution in [3.05, 3.63) is 27.7 Å². The van der Waals surface area contributed by atoms with Crippen molar-refractivity contribution < 1.29 is 19.4 Å². The van der Waals surface area contributed by atoms with Crippen LogP contribution in [0.25, 0.3) is 0 Å². The molecule has 1 rings (SSSR count). The minimum Gasteiger partial charge on any atom is -0.487 e. The molecule has 0 atom stereocenters. The van der Waals surface area contributed by atoms with Gasteiger partial charge < -0.3 is 19.9 Å². The summed E-state index contributed by atoms with van der Waals surface area (Å²) in [6, 6.07) is 1.18. The molecule has 1 aromatic rings. The van der Waals surface area contributed by atoms with Crippen LogP contribution in [0.15, 0.2) is 16.0 Å². The number of pyridine rings is 1. The summed E-state index contributed by atoms with van der Waals surface area (Å²) in [6.07, 6.45) is 1.63. The molecule has 23 heavy (non-hydrogen) atoms. The topological polar surface area (TPSA) is 102 Å². The number of ether oxygens (including phenoxy) is 2. The number of amides is 1. The third-order valence-electron chi connectivity index (χ3n) is 3.07. The maximum atomic E-state index is 12.4. The van der Waals surface area contributed by atoms with Gasteiger partial charge in [0.1, 0.15) is 0 Å². The molecule has 0 aromatic carbocycles. The first-order valence-corrected chi connectivity index (χ1v) is 7.37. The van der Waals surface area contributed by atoms with Crippen molar-refractivity contribution in [2.45, 2.75) is 26.4 Å². The van der Waals surface area contributed by atoms with E-state index in [-0.39, 0.29) is 23.7 Å².